The largest absolute Gasteiger partial charge is 0.316 e. The molecule has 1 unspecified atom stereocenters. The van der Waals surface area contributed by atoms with Crippen LogP contribution >= 0.6 is 11.8 Å². The normalized spacial score (nSPS) is 17.4. The van der Waals surface area contributed by atoms with Crippen LogP contribution in [0.5, 0.6) is 0 Å². The molecule has 16 heavy (non-hydrogen) atoms. The van der Waals surface area contributed by atoms with Crippen LogP contribution in [0.15, 0.2) is 17.2 Å². The number of rotatable bonds is 5. The van der Waals surface area contributed by atoms with E-state index < -0.39 is 0 Å². The van der Waals surface area contributed by atoms with Crippen molar-refractivity contribution in [2.24, 2.45) is 5.92 Å². The Bertz CT molecular complexity index is 341. The summed E-state index contributed by atoms with van der Waals surface area (Å²) in [6.45, 7) is 4.20. The van der Waals surface area contributed by atoms with Crippen LogP contribution in [-0.4, -0.2) is 23.8 Å². The highest BCUT2D eigenvalue weighted by Gasteiger charge is 2.29. The summed E-state index contributed by atoms with van der Waals surface area (Å²) in [7, 11) is 2.07. The fraction of sp³-hybridized carbons (Fsp3) is 0.615. The lowest BCUT2D eigenvalue weighted by Crippen LogP contribution is -2.29. The first-order valence-electron chi connectivity index (χ1n) is 5.94. The zero-order valence-corrected chi connectivity index (χ0v) is 11.1. The highest BCUT2D eigenvalue weighted by Crippen LogP contribution is 2.34. The summed E-state index contributed by atoms with van der Waals surface area (Å²) in [5.41, 5.74) is 2.43. The fourth-order valence-electron chi connectivity index (χ4n) is 2.01. The lowest BCUT2D eigenvalue weighted by atomic mass is 10.2. The molecular formula is C13H20N2S. The Kier molecular flexibility index (Phi) is 3.87. The van der Waals surface area contributed by atoms with Crippen molar-refractivity contribution in [3.63, 3.8) is 0 Å². The zero-order chi connectivity index (χ0) is 11.5. The first kappa shape index (κ1) is 11.9. The van der Waals surface area contributed by atoms with Crippen molar-refractivity contribution >= 4 is 11.8 Å². The number of aromatic nitrogens is 1. The van der Waals surface area contributed by atoms with E-state index in [0.29, 0.717) is 6.04 Å². The number of hydrogen-bond acceptors (Lipinski definition) is 3. The van der Waals surface area contributed by atoms with Gasteiger partial charge in [-0.3, -0.25) is 0 Å². The first-order valence-corrected chi connectivity index (χ1v) is 6.93. The van der Waals surface area contributed by atoms with Gasteiger partial charge < -0.3 is 5.32 Å². The van der Waals surface area contributed by atoms with Gasteiger partial charge in [-0.15, -0.1) is 11.8 Å². The summed E-state index contributed by atoms with van der Waals surface area (Å²) in [6, 6.07) is 4.96. The van der Waals surface area contributed by atoms with Gasteiger partial charge in [0.25, 0.3) is 0 Å². The lowest BCUT2D eigenvalue weighted by molar-refractivity contribution is 0.553. The molecule has 1 N–H and O–H groups in total. The third kappa shape index (κ3) is 3.22. The van der Waals surface area contributed by atoms with E-state index in [4.69, 9.17) is 0 Å². The summed E-state index contributed by atoms with van der Waals surface area (Å²) in [5.74, 6) is 2.04. The van der Waals surface area contributed by atoms with Crippen LogP contribution in [0.25, 0.3) is 0 Å². The van der Waals surface area contributed by atoms with E-state index in [1.807, 2.05) is 11.8 Å². The first-order chi connectivity index (χ1) is 7.69. The standard InChI is InChI=1S/C13H20N2S/c1-9-6-10(2)15-13(7-9)16-8-12(14-3)11-4-5-11/h6-7,11-12,14H,4-5,8H2,1-3H3. The smallest absolute Gasteiger partial charge is 0.0966 e. The number of hydrogen-bond donors (Lipinski definition) is 1. The molecule has 1 saturated carbocycles. The Hall–Kier alpha value is -0.540. The third-order valence-corrected chi connectivity index (χ3v) is 4.08. The topological polar surface area (TPSA) is 24.9 Å². The van der Waals surface area contributed by atoms with Crippen LogP contribution in [0.1, 0.15) is 24.1 Å². The predicted molar refractivity (Wildman–Crippen MR) is 70.0 cm³/mol. The van der Waals surface area contributed by atoms with Crippen LogP contribution in [0.3, 0.4) is 0 Å². The van der Waals surface area contributed by atoms with E-state index in [9.17, 15) is 0 Å². The minimum atomic E-state index is 0.660. The summed E-state index contributed by atoms with van der Waals surface area (Å²) in [5, 5.41) is 4.58. The molecule has 1 aliphatic rings. The van der Waals surface area contributed by atoms with E-state index in [2.05, 4.69) is 43.3 Å². The second-order valence-electron chi connectivity index (χ2n) is 4.67. The Morgan fingerprint density at radius 1 is 1.44 bits per heavy atom. The van der Waals surface area contributed by atoms with Gasteiger partial charge in [0.1, 0.15) is 0 Å². The van der Waals surface area contributed by atoms with Gasteiger partial charge in [0.2, 0.25) is 0 Å². The molecular weight excluding hydrogens is 216 g/mol. The fourth-order valence-corrected chi connectivity index (χ4v) is 3.27. The van der Waals surface area contributed by atoms with Gasteiger partial charge >= 0.3 is 0 Å². The molecule has 0 spiro atoms. The number of thioether (sulfide) groups is 1. The Morgan fingerprint density at radius 2 is 2.19 bits per heavy atom. The predicted octanol–water partition coefficient (Wildman–Crippen LogP) is 2.79. The molecule has 0 amide bonds. The second kappa shape index (κ2) is 5.19. The van der Waals surface area contributed by atoms with E-state index in [0.717, 1.165) is 17.4 Å². The number of pyridine rings is 1. The molecule has 1 aliphatic carbocycles. The van der Waals surface area contributed by atoms with Gasteiger partial charge in [0.05, 0.1) is 5.03 Å². The van der Waals surface area contributed by atoms with E-state index >= 15 is 0 Å². The molecule has 2 nitrogen and oxygen atoms in total. The van der Waals surface area contributed by atoms with Crippen molar-refractivity contribution in [3.05, 3.63) is 23.4 Å². The van der Waals surface area contributed by atoms with Gasteiger partial charge in [0.15, 0.2) is 0 Å². The molecule has 0 aromatic carbocycles. The van der Waals surface area contributed by atoms with E-state index in [1.165, 1.54) is 23.4 Å². The molecule has 1 aromatic rings. The Labute approximate surface area is 102 Å². The van der Waals surface area contributed by atoms with Crippen LogP contribution in [0.4, 0.5) is 0 Å². The lowest BCUT2D eigenvalue weighted by Gasteiger charge is -2.14. The molecule has 1 heterocycles. The summed E-state index contributed by atoms with van der Waals surface area (Å²) in [6.07, 6.45) is 2.79. The maximum absolute atomic E-state index is 4.56. The average molecular weight is 236 g/mol. The highest BCUT2D eigenvalue weighted by molar-refractivity contribution is 7.99. The zero-order valence-electron chi connectivity index (χ0n) is 10.3. The van der Waals surface area contributed by atoms with Crippen molar-refractivity contribution in [2.75, 3.05) is 12.8 Å². The van der Waals surface area contributed by atoms with E-state index in [-0.39, 0.29) is 0 Å². The molecule has 0 aliphatic heterocycles. The molecule has 1 fully saturated rings. The second-order valence-corrected chi connectivity index (χ2v) is 5.71. The van der Waals surface area contributed by atoms with Gasteiger partial charge in [-0.1, -0.05) is 0 Å². The maximum atomic E-state index is 4.56. The monoisotopic (exact) mass is 236 g/mol. The molecule has 0 saturated heterocycles. The molecule has 1 aromatic heterocycles. The van der Waals surface area contributed by atoms with Gasteiger partial charge in [-0.25, -0.2) is 4.98 Å². The maximum Gasteiger partial charge on any atom is 0.0966 e. The summed E-state index contributed by atoms with van der Waals surface area (Å²) < 4.78 is 0. The average Bonchev–Trinajstić information content (AvgIpc) is 3.01. The SMILES string of the molecule is CNC(CSc1cc(C)cc(C)n1)C1CC1. The molecule has 88 valence electrons. The third-order valence-electron chi connectivity index (χ3n) is 3.05. The van der Waals surface area contributed by atoms with Gasteiger partial charge in [-0.2, -0.15) is 0 Å². The van der Waals surface area contributed by atoms with Crippen molar-refractivity contribution in [2.45, 2.75) is 37.8 Å². The highest BCUT2D eigenvalue weighted by atomic mass is 32.2. The van der Waals surface area contributed by atoms with Crippen molar-refractivity contribution in [3.8, 4) is 0 Å². The van der Waals surface area contributed by atoms with Crippen LogP contribution in [0.2, 0.25) is 0 Å². The number of nitrogens with one attached hydrogen (secondary N) is 1. The molecule has 0 bridgehead atoms. The van der Waals surface area contributed by atoms with Crippen molar-refractivity contribution < 1.29 is 0 Å². The summed E-state index contributed by atoms with van der Waals surface area (Å²) in [4.78, 5) is 4.56. The minimum absolute atomic E-state index is 0.660. The van der Waals surface area contributed by atoms with Crippen molar-refractivity contribution in [1.29, 1.82) is 0 Å². The van der Waals surface area contributed by atoms with Crippen molar-refractivity contribution in [1.82, 2.24) is 10.3 Å². The van der Waals surface area contributed by atoms with Crippen LogP contribution in [-0.2, 0) is 0 Å². The van der Waals surface area contributed by atoms with Crippen LogP contribution in [0, 0.1) is 19.8 Å². The molecule has 3 heteroatoms. The van der Waals surface area contributed by atoms with Crippen LogP contribution < -0.4 is 5.32 Å². The number of nitrogens with zero attached hydrogens (tertiary/aromatic N) is 1. The molecule has 1 atom stereocenters. The Morgan fingerprint density at radius 3 is 2.75 bits per heavy atom. The Balaban J connectivity index is 1.92. The van der Waals surface area contributed by atoms with Gasteiger partial charge in [0, 0.05) is 17.5 Å². The van der Waals surface area contributed by atoms with Gasteiger partial charge in [-0.05, 0) is 57.4 Å². The summed E-state index contributed by atoms with van der Waals surface area (Å²) >= 11 is 1.88. The minimum Gasteiger partial charge on any atom is -0.316 e. The number of aryl methyl sites for hydroxylation is 2. The molecule has 2 rings (SSSR count). The quantitative estimate of drug-likeness (QED) is 0.796. The molecule has 0 radical (unpaired) electrons. The van der Waals surface area contributed by atoms with E-state index in [1.54, 1.807) is 0 Å².